The van der Waals surface area contributed by atoms with Gasteiger partial charge in [0, 0.05) is 22.7 Å². The minimum atomic E-state index is -0.113. The van der Waals surface area contributed by atoms with Crippen molar-refractivity contribution in [3.63, 3.8) is 0 Å². The lowest BCUT2D eigenvalue weighted by molar-refractivity contribution is 0.0954. The molecule has 3 aromatic rings. The number of carbonyl (C=O) groups excluding carboxylic acids is 1. The Morgan fingerprint density at radius 1 is 1.00 bits per heavy atom. The summed E-state index contributed by atoms with van der Waals surface area (Å²) in [5, 5.41) is 3.68. The molecular formula is C25H26ClNO3. The molecule has 0 aliphatic rings. The third-order valence-corrected chi connectivity index (χ3v) is 5.11. The van der Waals surface area contributed by atoms with E-state index in [1.165, 1.54) is 5.56 Å². The lowest BCUT2D eigenvalue weighted by atomic mass is 10.1. The molecule has 0 fully saturated rings. The zero-order valence-electron chi connectivity index (χ0n) is 17.3. The Morgan fingerprint density at radius 2 is 1.80 bits per heavy atom. The van der Waals surface area contributed by atoms with Gasteiger partial charge in [-0.2, -0.15) is 0 Å². The van der Waals surface area contributed by atoms with Gasteiger partial charge < -0.3 is 14.8 Å². The third kappa shape index (κ3) is 6.01. The first-order valence-electron chi connectivity index (χ1n) is 10.0. The standard InChI is InChI=1S/C25H26ClNO3/c1-3-29-24-12-9-20(25(28)27-14-13-19-7-5-4-6-8-19)16-21(24)17-30-22-10-11-23(26)18(2)15-22/h4-12,15-16H,3,13-14,17H2,1-2H3,(H,27,28). The van der Waals surface area contributed by atoms with Gasteiger partial charge in [0.15, 0.2) is 0 Å². The maximum Gasteiger partial charge on any atom is 0.251 e. The molecule has 1 amide bonds. The minimum Gasteiger partial charge on any atom is -0.493 e. The van der Waals surface area contributed by atoms with Gasteiger partial charge in [0.05, 0.1) is 6.61 Å². The molecule has 0 aromatic heterocycles. The fourth-order valence-electron chi connectivity index (χ4n) is 3.06. The zero-order chi connectivity index (χ0) is 21.3. The van der Waals surface area contributed by atoms with Crippen molar-refractivity contribution in [3.05, 3.63) is 94.0 Å². The quantitative estimate of drug-likeness (QED) is 0.487. The molecule has 0 unspecified atom stereocenters. The molecule has 3 aromatic carbocycles. The molecule has 0 saturated heterocycles. The Balaban J connectivity index is 1.66. The summed E-state index contributed by atoms with van der Waals surface area (Å²) in [6, 6.07) is 21.0. The van der Waals surface area contributed by atoms with Crippen LogP contribution < -0.4 is 14.8 Å². The Hall–Kier alpha value is -2.98. The first-order chi connectivity index (χ1) is 14.6. The fourth-order valence-corrected chi connectivity index (χ4v) is 3.18. The van der Waals surface area contributed by atoms with E-state index in [2.05, 4.69) is 17.4 Å². The summed E-state index contributed by atoms with van der Waals surface area (Å²) in [6.45, 7) is 5.27. The summed E-state index contributed by atoms with van der Waals surface area (Å²) in [5.41, 5.74) is 3.54. The van der Waals surface area contributed by atoms with Gasteiger partial charge >= 0.3 is 0 Å². The van der Waals surface area contributed by atoms with Gasteiger partial charge in [-0.1, -0.05) is 41.9 Å². The van der Waals surface area contributed by atoms with E-state index in [-0.39, 0.29) is 5.91 Å². The van der Waals surface area contributed by atoms with Crippen molar-refractivity contribution in [1.82, 2.24) is 5.32 Å². The van der Waals surface area contributed by atoms with Gasteiger partial charge in [-0.3, -0.25) is 4.79 Å². The highest BCUT2D eigenvalue weighted by Gasteiger charge is 2.12. The van der Waals surface area contributed by atoms with Crippen LogP contribution in [0.5, 0.6) is 11.5 Å². The summed E-state index contributed by atoms with van der Waals surface area (Å²) in [5.74, 6) is 1.32. The second-order valence-electron chi connectivity index (χ2n) is 6.95. The lowest BCUT2D eigenvalue weighted by Gasteiger charge is -2.14. The van der Waals surface area contributed by atoms with Crippen molar-refractivity contribution in [2.45, 2.75) is 26.9 Å². The molecule has 30 heavy (non-hydrogen) atoms. The smallest absolute Gasteiger partial charge is 0.251 e. The van der Waals surface area contributed by atoms with Crippen LogP contribution in [0.2, 0.25) is 5.02 Å². The first kappa shape index (κ1) is 21.7. The van der Waals surface area contributed by atoms with Crippen LogP contribution in [0, 0.1) is 6.92 Å². The predicted molar refractivity (Wildman–Crippen MR) is 121 cm³/mol. The highest BCUT2D eigenvalue weighted by Crippen LogP contribution is 2.25. The van der Waals surface area contributed by atoms with Crippen LogP contribution in [-0.2, 0) is 13.0 Å². The lowest BCUT2D eigenvalue weighted by Crippen LogP contribution is -2.25. The minimum absolute atomic E-state index is 0.113. The molecule has 3 rings (SSSR count). The van der Waals surface area contributed by atoms with Crippen molar-refractivity contribution < 1.29 is 14.3 Å². The number of carbonyl (C=O) groups is 1. The number of aryl methyl sites for hydroxylation is 1. The molecule has 0 radical (unpaired) electrons. The van der Waals surface area contributed by atoms with Crippen LogP contribution in [0.1, 0.15) is 34.0 Å². The molecule has 0 heterocycles. The van der Waals surface area contributed by atoms with E-state index >= 15 is 0 Å². The Kier molecular flexibility index (Phi) is 7.75. The Morgan fingerprint density at radius 3 is 2.53 bits per heavy atom. The number of ether oxygens (including phenoxy) is 2. The Bertz CT molecular complexity index is 989. The van der Waals surface area contributed by atoms with Crippen LogP contribution in [0.15, 0.2) is 66.7 Å². The molecule has 0 bridgehead atoms. The molecule has 0 aliphatic heterocycles. The molecule has 0 spiro atoms. The van der Waals surface area contributed by atoms with Gasteiger partial charge in [-0.05, 0) is 67.8 Å². The maximum atomic E-state index is 12.6. The monoisotopic (exact) mass is 423 g/mol. The van der Waals surface area contributed by atoms with E-state index < -0.39 is 0 Å². The SMILES string of the molecule is CCOc1ccc(C(=O)NCCc2ccccc2)cc1COc1ccc(Cl)c(C)c1. The molecule has 1 N–H and O–H groups in total. The number of benzene rings is 3. The molecule has 0 saturated carbocycles. The average molecular weight is 424 g/mol. The highest BCUT2D eigenvalue weighted by molar-refractivity contribution is 6.31. The number of hydrogen-bond donors (Lipinski definition) is 1. The van der Waals surface area contributed by atoms with Crippen LogP contribution >= 0.6 is 11.6 Å². The molecule has 156 valence electrons. The largest absolute Gasteiger partial charge is 0.493 e. The van der Waals surface area contributed by atoms with Gasteiger partial charge in [0.2, 0.25) is 0 Å². The van der Waals surface area contributed by atoms with E-state index in [0.717, 1.165) is 23.3 Å². The summed E-state index contributed by atoms with van der Waals surface area (Å²) >= 11 is 6.08. The van der Waals surface area contributed by atoms with Crippen LogP contribution in [0.3, 0.4) is 0 Å². The molecule has 0 atom stereocenters. The van der Waals surface area contributed by atoms with E-state index in [1.54, 1.807) is 6.07 Å². The van der Waals surface area contributed by atoms with Crippen molar-refractivity contribution in [1.29, 1.82) is 0 Å². The molecule has 0 aliphatic carbocycles. The zero-order valence-corrected chi connectivity index (χ0v) is 18.0. The van der Waals surface area contributed by atoms with Crippen molar-refractivity contribution in [2.75, 3.05) is 13.2 Å². The first-order valence-corrected chi connectivity index (χ1v) is 10.4. The topological polar surface area (TPSA) is 47.6 Å². The molecule has 4 nitrogen and oxygen atoms in total. The second kappa shape index (κ2) is 10.7. The normalized spacial score (nSPS) is 10.5. The van der Waals surface area contributed by atoms with Gasteiger partial charge in [-0.25, -0.2) is 0 Å². The number of rotatable bonds is 9. The van der Waals surface area contributed by atoms with E-state index in [4.69, 9.17) is 21.1 Å². The summed E-state index contributed by atoms with van der Waals surface area (Å²) in [7, 11) is 0. The van der Waals surface area contributed by atoms with Gasteiger partial charge in [-0.15, -0.1) is 0 Å². The van der Waals surface area contributed by atoms with E-state index in [1.807, 2.05) is 62.4 Å². The summed E-state index contributed by atoms with van der Waals surface area (Å²) in [6.07, 6.45) is 0.787. The average Bonchev–Trinajstić information content (AvgIpc) is 2.76. The van der Waals surface area contributed by atoms with Crippen LogP contribution in [-0.4, -0.2) is 19.1 Å². The number of hydrogen-bond acceptors (Lipinski definition) is 3. The van der Waals surface area contributed by atoms with Crippen LogP contribution in [0.25, 0.3) is 0 Å². The van der Waals surface area contributed by atoms with Crippen LogP contribution in [0.4, 0.5) is 0 Å². The fraction of sp³-hybridized carbons (Fsp3) is 0.240. The Labute approximate surface area is 182 Å². The summed E-state index contributed by atoms with van der Waals surface area (Å²) in [4.78, 5) is 12.6. The third-order valence-electron chi connectivity index (χ3n) is 4.69. The van der Waals surface area contributed by atoms with Gasteiger partial charge in [0.25, 0.3) is 5.91 Å². The van der Waals surface area contributed by atoms with Crippen molar-refractivity contribution >= 4 is 17.5 Å². The second-order valence-corrected chi connectivity index (χ2v) is 7.35. The number of nitrogens with one attached hydrogen (secondary N) is 1. The number of halogens is 1. The van der Waals surface area contributed by atoms with Crippen molar-refractivity contribution in [3.8, 4) is 11.5 Å². The number of amides is 1. The van der Waals surface area contributed by atoms with Gasteiger partial charge in [0.1, 0.15) is 18.1 Å². The molecule has 5 heteroatoms. The highest BCUT2D eigenvalue weighted by atomic mass is 35.5. The van der Waals surface area contributed by atoms with E-state index in [9.17, 15) is 4.79 Å². The van der Waals surface area contributed by atoms with Crippen molar-refractivity contribution in [2.24, 2.45) is 0 Å². The summed E-state index contributed by atoms with van der Waals surface area (Å²) < 4.78 is 11.6. The maximum absolute atomic E-state index is 12.6. The van der Waals surface area contributed by atoms with E-state index in [0.29, 0.717) is 36.1 Å². The predicted octanol–water partition coefficient (Wildman–Crippen LogP) is 5.60. The molecular weight excluding hydrogens is 398 g/mol.